The summed E-state index contributed by atoms with van der Waals surface area (Å²) in [7, 11) is -3.78. The van der Waals surface area contributed by atoms with Gasteiger partial charge in [0, 0.05) is 20.0 Å². The average molecular weight is 590 g/mol. The number of sulfonamides is 1. The van der Waals surface area contributed by atoms with Crippen molar-refractivity contribution in [3.8, 4) is 17.1 Å². The minimum Gasteiger partial charge on any atom is -0.493 e. The number of nitrogens with one attached hydrogen (secondary N) is 1. The van der Waals surface area contributed by atoms with Gasteiger partial charge in [0.2, 0.25) is 10.0 Å². The third kappa shape index (κ3) is 7.53. The number of fused-ring (bicyclic) bond motifs is 1. The van der Waals surface area contributed by atoms with E-state index in [0.29, 0.717) is 43.1 Å². The lowest BCUT2D eigenvalue weighted by Gasteiger charge is -2.25. The van der Waals surface area contributed by atoms with Gasteiger partial charge in [-0.3, -0.25) is 9.59 Å². The molecule has 0 amide bonds. The molecule has 2 atom stereocenters. The topological polar surface area (TPSA) is 136 Å². The fourth-order valence-corrected chi connectivity index (χ4v) is 6.41. The lowest BCUT2D eigenvalue weighted by molar-refractivity contribution is -0.147. The number of carbonyl (C=O) groups excluding carboxylic acids is 1. The van der Waals surface area contributed by atoms with Gasteiger partial charge < -0.3 is 19.0 Å². The number of benzene rings is 1. The Labute approximate surface area is 242 Å². The van der Waals surface area contributed by atoms with Gasteiger partial charge in [-0.1, -0.05) is 53.4 Å². The average Bonchev–Trinajstić information content (AvgIpc) is 3.36. The van der Waals surface area contributed by atoms with Crippen molar-refractivity contribution in [3.63, 3.8) is 0 Å². The largest absolute Gasteiger partial charge is 0.493 e. The fraction of sp³-hybridized carbons (Fsp3) is 0.586. The van der Waals surface area contributed by atoms with E-state index in [2.05, 4.69) is 16.9 Å². The van der Waals surface area contributed by atoms with E-state index in [1.54, 1.807) is 30.8 Å². The van der Waals surface area contributed by atoms with Crippen molar-refractivity contribution in [1.29, 1.82) is 0 Å². The highest BCUT2D eigenvalue weighted by Crippen LogP contribution is 2.33. The molecule has 0 aliphatic rings. The zero-order valence-corrected chi connectivity index (χ0v) is 25.8. The number of unbranched alkanes of at least 4 members (excludes halogenated alkanes) is 3. The molecule has 2 aromatic heterocycles. The summed E-state index contributed by atoms with van der Waals surface area (Å²) in [5.41, 5.74) is 0.352. The number of aromatic nitrogens is 4. The van der Waals surface area contributed by atoms with E-state index in [-0.39, 0.29) is 22.3 Å². The van der Waals surface area contributed by atoms with Gasteiger partial charge in [0.05, 0.1) is 29.4 Å². The van der Waals surface area contributed by atoms with Crippen LogP contribution in [0.1, 0.15) is 86.1 Å². The maximum atomic E-state index is 13.3. The normalized spacial score (nSPS) is 13.4. The van der Waals surface area contributed by atoms with Crippen LogP contribution >= 0.6 is 0 Å². The number of hydrogen-bond acceptors (Lipinski definition) is 8. The maximum absolute atomic E-state index is 13.3. The minimum absolute atomic E-state index is 0.0774. The summed E-state index contributed by atoms with van der Waals surface area (Å²) in [6, 6.07) is 4.30. The van der Waals surface area contributed by atoms with Gasteiger partial charge in [-0.05, 0) is 38.0 Å². The molecule has 0 aliphatic heterocycles. The lowest BCUT2D eigenvalue weighted by atomic mass is 10.0. The molecule has 0 saturated heterocycles. The number of imidazole rings is 1. The van der Waals surface area contributed by atoms with Crippen LogP contribution < -0.4 is 10.3 Å². The molecule has 11 nitrogen and oxygen atoms in total. The summed E-state index contributed by atoms with van der Waals surface area (Å²) in [6.45, 7) is 11.9. The predicted molar refractivity (Wildman–Crippen MR) is 159 cm³/mol. The van der Waals surface area contributed by atoms with Crippen LogP contribution in [0.4, 0.5) is 0 Å². The van der Waals surface area contributed by atoms with Gasteiger partial charge in [-0.2, -0.15) is 4.31 Å². The summed E-state index contributed by atoms with van der Waals surface area (Å²) in [5.74, 6) is 0.177. The highest BCUT2D eigenvalue weighted by atomic mass is 32.2. The molecule has 0 fully saturated rings. The van der Waals surface area contributed by atoms with Gasteiger partial charge in [0.15, 0.2) is 11.2 Å². The molecule has 0 radical (unpaired) electrons. The predicted octanol–water partition coefficient (Wildman–Crippen LogP) is 5.07. The number of carbonyl (C=O) groups is 1. The number of aromatic amines is 1. The van der Waals surface area contributed by atoms with Crippen LogP contribution in [0.2, 0.25) is 0 Å². The van der Waals surface area contributed by atoms with E-state index >= 15 is 0 Å². The first kappa shape index (κ1) is 32.3. The molecule has 0 bridgehead atoms. The van der Waals surface area contributed by atoms with Crippen molar-refractivity contribution >= 4 is 27.2 Å². The first-order valence-corrected chi connectivity index (χ1v) is 15.9. The van der Waals surface area contributed by atoms with Crippen LogP contribution in [-0.2, 0) is 19.6 Å². The second-order valence-corrected chi connectivity index (χ2v) is 12.0. The Morgan fingerprint density at radius 3 is 2.46 bits per heavy atom. The van der Waals surface area contributed by atoms with Gasteiger partial charge in [-0.15, -0.1) is 0 Å². The van der Waals surface area contributed by atoms with Crippen LogP contribution in [0.3, 0.4) is 0 Å². The maximum Gasteiger partial charge on any atom is 0.302 e. The second kappa shape index (κ2) is 14.6. The smallest absolute Gasteiger partial charge is 0.302 e. The molecular weight excluding hydrogens is 546 g/mol. The zero-order chi connectivity index (χ0) is 30.2. The molecule has 226 valence electrons. The Morgan fingerprint density at radius 1 is 1.10 bits per heavy atom. The van der Waals surface area contributed by atoms with Crippen molar-refractivity contribution in [3.05, 3.63) is 34.9 Å². The van der Waals surface area contributed by atoms with E-state index < -0.39 is 27.7 Å². The Kier molecular flexibility index (Phi) is 11.5. The standard InChI is InChI=1S/C29H43N5O6S/c1-7-11-12-13-14-24(20(5)40-21(6)35)34-19-30-26-28(34)31-27(32-29(26)36)23-18-22(15-16-25(23)39-17-8-2)41(37,38)33(9-3)10-4/h15-16,18-20,24H,7-14,17H2,1-6H3,(H,31,32,36). The highest BCUT2D eigenvalue weighted by molar-refractivity contribution is 7.89. The summed E-state index contributed by atoms with van der Waals surface area (Å²) in [4.78, 5) is 37.0. The molecule has 12 heteroatoms. The Bertz CT molecular complexity index is 1480. The van der Waals surface area contributed by atoms with E-state index in [9.17, 15) is 18.0 Å². The van der Waals surface area contributed by atoms with Crippen molar-refractivity contribution in [2.75, 3.05) is 19.7 Å². The third-order valence-electron chi connectivity index (χ3n) is 7.05. The number of rotatable bonds is 16. The lowest BCUT2D eigenvalue weighted by Crippen LogP contribution is -2.30. The third-order valence-corrected chi connectivity index (χ3v) is 9.09. The summed E-state index contributed by atoms with van der Waals surface area (Å²) >= 11 is 0. The quantitative estimate of drug-likeness (QED) is 0.181. The molecule has 0 spiro atoms. The number of hydrogen-bond donors (Lipinski definition) is 1. The molecule has 1 N–H and O–H groups in total. The first-order valence-electron chi connectivity index (χ1n) is 14.5. The summed E-state index contributed by atoms with van der Waals surface area (Å²) in [6.07, 6.45) is 6.61. The number of nitrogens with zero attached hydrogens (tertiary/aromatic N) is 4. The van der Waals surface area contributed by atoms with E-state index in [0.717, 1.165) is 32.1 Å². The van der Waals surface area contributed by atoms with Gasteiger partial charge in [0.25, 0.3) is 5.56 Å². The number of esters is 1. The molecule has 2 unspecified atom stereocenters. The van der Waals surface area contributed by atoms with E-state index in [4.69, 9.17) is 14.5 Å². The first-order chi connectivity index (χ1) is 19.6. The van der Waals surface area contributed by atoms with Crippen LogP contribution in [0.25, 0.3) is 22.6 Å². The van der Waals surface area contributed by atoms with Crippen LogP contribution in [0, 0.1) is 0 Å². The molecule has 2 heterocycles. The van der Waals surface area contributed by atoms with Gasteiger partial charge in [-0.25, -0.2) is 18.4 Å². The molecule has 0 aliphatic carbocycles. The second-order valence-electron chi connectivity index (χ2n) is 10.1. The van der Waals surface area contributed by atoms with Gasteiger partial charge in [0.1, 0.15) is 17.7 Å². The molecule has 0 saturated carbocycles. The highest BCUT2D eigenvalue weighted by Gasteiger charge is 2.27. The SMILES string of the molecule is CCCCCCC(C(C)OC(C)=O)n1cnc2c(=O)[nH]c(-c3cc(S(=O)(=O)N(CC)CC)ccc3OCCC)nc21. The van der Waals surface area contributed by atoms with Crippen LogP contribution in [-0.4, -0.2) is 64.0 Å². The molecular formula is C29H43N5O6S. The Morgan fingerprint density at radius 2 is 1.83 bits per heavy atom. The van der Waals surface area contributed by atoms with Crippen molar-refractivity contribution < 1.29 is 22.7 Å². The Balaban J connectivity index is 2.19. The Hall–Kier alpha value is -3.25. The molecule has 1 aromatic carbocycles. The van der Waals surface area contributed by atoms with Crippen molar-refractivity contribution in [2.45, 2.75) is 97.1 Å². The number of ether oxygens (including phenoxy) is 2. The van der Waals surface area contributed by atoms with Crippen molar-refractivity contribution in [2.24, 2.45) is 0 Å². The number of H-pyrrole nitrogens is 1. The van der Waals surface area contributed by atoms with E-state index in [1.807, 2.05) is 13.8 Å². The molecule has 3 rings (SSSR count). The molecule has 3 aromatic rings. The zero-order valence-electron chi connectivity index (χ0n) is 25.0. The van der Waals surface area contributed by atoms with Gasteiger partial charge >= 0.3 is 5.97 Å². The van der Waals surface area contributed by atoms with E-state index in [1.165, 1.54) is 23.4 Å². The monoisotopic (exact) mass is 589 g/mol. The van der Waals surface area contributed by atoms with Crippen LogP contribution in [0.5, 0.6) is 5.75 Å². The summed E-state index contributed by atoms with van der Waals surface area (Å²) in [5, 5.41) is 0. The van der Waals surface area contributed by atoms with Crippen LogP contribution in [0.15, 0.2) is 34.2 Å². The summed E-state index contributed by atoms with van der Waals surface area (Å²) < 4.78 is 41.3. The fourth-order valence-electron chi connectivity index (χ4n) is 4.92. The van der Waals surface area contributed by atoms with Crippen molar-refractivity contribution in [1.82, 2.24) is 23.8 Å². The minimum atomic E-state index is -3.78. The molecule has 41 heavy (non-hydrogen) atoms.